The van der Waals surface area contributed by atoms with E-state index in [9.17, 15) is 17.6 Å². The molecule has 1 saturated heterocycles. The van der Waals surface area contributed by atoms with Gasteiger partial charge in [-0.2, -0.15) is 0 Å². The zero-order chi connectivity index (χ0) is 13.9. The highest BCUT2D eigenvalue weighted by Gasteiger charge is 2.28. The lowest BCUT2D eigenvalue weighted by Crippen LogP contribution is -2.17. The molecule has 1 atom stereocenters. The van der Waals surface area contributed by atoms with E-state index >= 15 is 0 Å². The third kappa shape index (κ3) is 4.50. The summed E-state index contributed by atoms with van der Waals surface area (Å²) in [6.45, 7) is 0. The van der Waals surface area contributed by atoms with E-state index in [4.69, 9.17) is 0 Å². The summed E-state index contributed by atoms with van der Waals surface area (Å²) in [5, 5.41) is 2.64. The quantitative estimate of drug-likeness (QED) is 0.919. The second kappa shape index (κ2) is 5.92. The van der Waals surface area contributed by atoms with Crippen LogP contribution in [0.4, 0.5) is 10.1 Å². The third-order valence-corrected chi connectivity index (χ3v) is 6.05. The van der Waals surface area contributed by atoms with Gasteiger partial charge in [-0.3, -0.25) is 4.79 Å². The van der Waals surface area contributed by atoms with Gasteiger partial charge in [-0.1, -0.05) is 0 Å². The Morgan fingerprint density at radius 1 is 1.37 bits per heavy atom. The summed E-state index contributed by atoms with van der Waals surface area (Å²) in [7, 11) is -2.90. The minimum atomic E-state index is -2.90. The molecule has 0 bridgehead atoms. The van der Waals surface area contributed by atoms with E-state index in [1.807, 2.05) is 0 Å². The minimum absolute atomic E-state index is 0.00367. The first-order chi connectivity index (χ1) is 8.94. The number of amides is 1. The predicted molar refractivity (Wildman–Crippen MR) is 74.5 cm³/mol. The molecule has 1 fully saturated rings. The number of carbonyl (C=O) groups is 1. The van der Waals surface area contributed by atoms with Crippen molar-refractivity contribution < 1.29 is 17.6 Å². The highest BCUT2D eigenvalue weighted by Crippen LogP contribution is 2.24. The molecule has 4 nitrogen and oxygen atoms in total. The number of hydrogen-bond acceptors (Lipinski definition) is 4. The Balaban J connectivity index is 1.78. The molecule has 1 aliphatic rings. The number of rotatable bonds is 4. The molecule has 19 heavy (non-hydrogen) atoms. The summed E-state index contributed by atoms with van der Waals surface area (Å²) in [6.07, 6.45) is 0.608. The van der Waals surface area contributed by atoms with Gasteiger partial charge in [-0.15, -0.1) is 11.8 Å². The van der Waals surface area contributed by atoms with Gasteiger partial charge in [0.15, 0.2) is 9.84 Å². The van der Waals surface area contributed by atoms with Crippen molar-refractivity contribution in [1.82, 2.24) is 0 Å². The van der Waals surface area contributed by atoms with E-state index < -0.39 is 9.84 Å². The number of hydrogen-bond donors (Lipinski definition) is 1. The summed E-state index contributed by atoms with van der Waals surface area (Å²) >= 11 is 1.35. The first kappa shape index (κ1) is 14.3. The molecule has 104 valence electrons. The molecule has 1 aromatic carbocycles. The van der Waals surface area contributed by atoms with Crippen molar-refractivity contribution in [3.63, 3.8) is 0 Å². The van der Waals surface area contributed by atoms with Crippen molar-refractivity contribution in [2.75, 3.05) is 22.6 Å². The molecule has 1 aromatic rings. The average Bonchev–Trinajstić information content (AvgIpc) is 2.69. The van der Waals surface area contributed by atoms with Crippen LogP contribution in [-0.2, 0) is 14.6 Å². The molecule has 1 amide bonds. The number of benzene rings is 1. The van der Waals surface area contributed by atoms with Gasteiger partial charge in [-0.25, -0.2) is 12.8 Å². The topological polar surface area (TPSA) is 63.2 Å². The van der Waals surface area contributed by atoms with Gasteiger partial charge in [-0.05, 0) is 30.7 Å². The lowest BCUT2D eigenvalue weighted by molar-refractivity contribution is -0.113. The van der Waals surface area contributed by atoms with Gasteiger partial charge >= 0.3 is 0 Å². The first-order valence-corrected chi connectivity index (χ1v) is 8.69. The molecule has 0 aliphatic carbocycles. The van der Waals surface area contributed by atoms with Crippen LogP contribution in [0.5, 0.6) is 0 Å². The Bertz CT molecular complexity index is 557. The van der Waals surface area contributed by atoms with Crippen LogP contribution in [0.1, 0.15) is 6.42 Å². The number of anilines is 1. The van der Waals surface area contributed by atoms with E-state index in [1.165, 1.54) is 36.0 Å². The van der Waals surface area contributed by atoms with E-state index in [1.54, 1.807) is 0 Å². The normalized spacial score (nSPS) is 21.2. The summed E-state index contributed by atoms with van der Waals surface area (Å²) in [6, 6.07) is 5.51. The van der Waals surface area contributed by atoms with Crippen LogP contribution in [-0.4, -0.2) is 36.8 Å². The fourth-order valence-electron chi connectivity index (χ4n) is 1.82. The monoisotopic (exact) mass is 303 g/mol. The fraction of sp³-hybridized carbons (Fsp3) is 0.417. The molecule has 0 aromatic heterocycles. The molecular weight excluding hydrogens is 289 g/mol. The molecule has 0 radical (unpaired) electrons. The Kier molecular flexibility index (Phi) is 4.46. The zero-order valence-electron chi connectivity index (χ0n) is 10.1. The van der Waals surface area contributed by atoms with Crippen LogP contribution >= 0.6 is 11.8 Å². The first-order valence-electron chi connectivity index (χ1n) is 5.82. The van der Waals surface area contributed by atoms with Crippen LogP contribution in [0.3, 0.4) is 0 Å². The molecule has 2 rings (SSSR count). The van der Waals surface area contributed by atoms with Crippen molar-refractivity contribution >= 4 is 33.2 Å². The summed E-state index contributed by atoms with van der Waals surface area (Å²) in [5.41, 5.74) is 0.533. The van der Waals surface area contributed by atoms with Crippen LogP contribution in [0.25, 0.3) is 0 Å². The minimum Gasteiger partial charge on any atom is -0.325 e. The van der Waals surface area contributed by atoms with Crippen molar-refractivity contribution in [3.05, 3.63) is 30.1 Å². The number of nitrogens with one attached hydrogen (secondary N) is 1. The molecule has 1 heterocycles. The molecule has 0 saturated carbocycles. The Morgan fingerprint density at radius 3 is 2.63 bits per heavy atom. The van der Waals surface area contributed by atoms with Crippen molar-refractivity contribution in [2.45, 2.75) is 11.7 Å². The second-order valence-electron chi connectivity index (χ2n) is 4.39. The summed E-state index contributed by atoms with van der Waals surface area (Å²) in [5.74, 6) is 0.00739. The number of sulfone groups is 1. The van der Waals surface area contributed by atoms with Gasteiger partial charge in [0.2, 0.25) is 5.91 Å². The molecule has 0 spiro atoms. The molecule has 1 N–H and O–H groups in total. The van der Waals surface area contributed by atoms with Gasteiger partial charge in [0.1, 0.15) is 5.82 Å². The SMILES string of the molecule is O=C(CS[C@@H]1CCS(=O)(=O)C1)Nc1ccc(F)cc1. The zero-order valence-corrected chi connectivity index (χ0v) is 11.8. The van der Waals surface area contributed by atoms with Gasteiger partial charge in [0.25, 0.3) is 0 Å². The van der Waals surface area contributed by atoms with Crippen LogP contribution in [0.15, 0.2) is 24.3 Å². The smallest absolute Gasteiger partial charge is 0.234 e. The average molecular weight is 303 g/mol. The highest BCUT2D eigenvalue weighted by molar-refractivity contribution is 8.02. The maximum Gasteiger partial charge on any atom is 0.234 e. The van der Waals surface area contributed by atoms with Gasteiger partial charge in [0.05, 0.1) is 17.3 Å². The largest absolute Gasteiger partial charge is 0.325 e. The molecule has 7 heteroatoms. The van der Waals surface area contributed by atoms with Gasteiger partial charge in [0, 0.05) is 10.9 Å². The standard InChI is InChI=1S/C12H14FNO3S2/c13-9-1-3-10(4-2-9)14-12(15)7-18-11-5-6-19(16,17)8-11/h1-4,11H,5-8H2,(H,14,15)/t11-/m1/s1. The Labute approximate surface area is 115 Å². The third-order valence-electron chi connectivity index (χ3n) is 2.77. The van der Waals surface area contributed by atoms with Crippen molar-refractivity contribution in [2.24, 2.45) is 0 Å². The van der Waals surface area contributed by atoms with E-state index in [-0.39, 0.29) is 34.2 Å². The predicted octanol–water partition coefficient (Wildman–Crippen LogP) is 1.68. The van der Waals surface area contributed by atoms with Crippen LogP contribution in [0.2, 0.25) is 0 Å². The Morgan fingerprint density at radius 2 is 2.05 bits per heavy atom. The summed E-state index contributed by atoms with van der Waals surface area (Å²) < 4.78 is 35.2. The number of thioether (sulfide) groups is 1. The number of carbonyl (C=O) groups excluding carboxylic acids is 1. The fourth-order valence-corrected chi connectivity index (χ4v) is 5.26. The Hall–Kier alpha value is -1.08. The maximum absolute atomic E-state index is 12.7. The van der Waals surface area contributed by atoms with E-state index in [0.717, 1.165) is 0 Å². The highest BCUT2D eigenvalue weighted by atomic mass is 32.2. The van der Waals surface area contributed by atoms with Crippen LogP contribution in [0, 0.1) is 5.82 Å². The maximum atomic E-state index is 12.7. The second-order valence-corrected chi connectivity index (χ2v) is 7.91. The summed E-state index contributed by atoms with van der Waals surface area (Å²) in [4.78, 5) is 11.6. The lowest BCUT2D eigenvalue weighted by atomic mass is 10.3. The van der Waals surface area contributed by atoms with E-state index in [2.05, 4.69) is 5.32 Å². The van der Waals surface area contributed by atoms with Crippen molar-refractivity contribution in [3.8, 4) is 0 Å². The molecule has 1 aliphatic heterocycles. The lowest BCUT2D eigenvalue weighted by Gasteiger charge is -2.08. The van der Waals surface area contributed by atoms with Crippen LogP contribution < -0.4 is 5.32 Å². The van der Waals surface area contributed by atoms with E-state index in [0.29, 0.717) is 12.1 Å². The van der Waals surface area contributed by atoms with Crippen molar-refractivity contribution in [1.29, 1.82) is 0 Å². The van der Waals surface area contributed by atoms with Gasteiger partial charge < -0.3 is 5.32 Å². The molecular formula is C12H14FNO3S2. The number of halogens is 1. The molecule has 0 unspecified atom stereocenters.